The number of aliphatic hydroxyl groups excluding tert-OH is 2. The first-order valence-electron chi connectivity index (χ1n) is 12.3. The Morgan fingerprint density at radius 3 is 2.49 bits per heavy atom. The standard InChI is InChI=1S/C26H40N2O7/c1-16(30)26(5)15-28(23(31)20(13-29)27-24(32)35-25(2,3)4)12-19(26)18-9-10-21(33-6)22(11-18)34-14-17-7-8-17/h9-11,16-17,19-20,29-30H,7-8,12-15H2,1-6H3,(H,27,32)/t16-,19+,20-,26+/m1/s1. The Bertz CT molecular complexity index is 909. The topological polar surface area (TPSA) is 118 Å². The fraction of sp³-hybridized carbons (Fsp3) is 0.692. The number of alkyl carbamates (subject to hydrolysis) is 1. The lowest BCUT2D eigenvalue weighted by molar-refractivity contribution is -0.134. The summed E-state index contributed by atoms with van der Waals surface area (Å²) in [6.45, 7) is 9.49. The summed E-state index contributed by atoms with van der Waals surface area (Å²) in [5.74, 6) is 1.25. The lowest BCUT2D eigenvalue weighted by atomic mass is 9.72. The minimum absolute atomic E-state index is 0.193. The highest BCUT2D eigenvalue weighted by molar-refractivity contribution is 5.86. The monoisotopic (exact) mass is 492 g/mol. The molecule has 1 saturated heterocycles. The molecule has 196 valence electrons. The van der Waals surface area contributed by atoms with Crippen molar-refractivity contribution in [2.45, 2.75) is 71.1 Å². The summed E-state index contributed by atoms with van der Waals surface area (Å²) in [5.41, 5.74) is -0.454. The summed E-state index contributed by atoms with van der Waals surface area (Å²) < 4.78 is 16.7. The molecule has 2 amide bonds. The van der Waals surface area contributed by atoms with Crippen LogP contribution in [0.4, 0.5) is 4.79 Å². The molecule has 1 aliphatic heterocycles. The smallest absolute Gasteiger partial charge is 0.408 e. The van der Waals surface area contributed by atoms with Crippen molar-refractivity contribution in [1.29, 1.82) is 0 Å². The van der Waals surface area contributed by atoms with Gasteiger partial charge in [0.15, 0.2) is 11.5 Å². The van der Waals surface area contributed by atoms with E-state index in [9.17, 15) is 19.8 Å². The van der Waals surface area contributed by atoms with Gasteiger partial charge in [0.2, 0.25) is 5.91 Å². The summed E-state index contributed by atoms with van der Waals surface area (Å²) in [4.78, 5) is 27.1. The van der Waals surface area contributed by atoms with Gasteiger partial charge in [0.25, 0.3) is 0 Å². The third-order valence-corrected chi connectivity index (χ3v) is 6.93. The highest BCUT2D eigenvalue weighted by Gasteiger charge is 2.49. The molecule has 0 aromatic heterocycles. The van der Waals surface area contributed by atoms with E-state index in [4.69, 9.17) is 14.2 Å². The second-order valence-corrected chi connectivity index (χ2v) is 11.0. The van der Waals surface area contributed by atoms with Crippen LogP contribution in [0.1, 0.15) is 58.9 Å². The summed E-state index contributed by atoms with van der Waals surface area (Å²) in [6, 6.07) is 4.58. The van der Waals surface area contributed by atoms with Gasteiger partial charge < -0.3 is 34.6 Å². The third-order valence-electron chi connectivity index (χ3n) is 6.93. The van der Waals surface area contributed by atoms with Crippen LogP contribution in [0, 0.1) is 11.3 Å². The Balaban J connectivity index is 1.81. The molecule has 1 aromatic rings. The van der Waals surface area contributed by atoms with E-state index in [1.165, 1.54) is 12.8 Å². The number of aliphatic hydroxyl groups is 2. The van der Waals surface area contributed by atoms with Crippen LogP contribution in [0.25, 0.3) is 0 Å². The van der Waals surface area contributed by atoms with Crippen molar-refractivity contribution in [3.05, 3.63) is 23.8 Å². The van der Waals surface area contributed by atoms with E-state index in [2.05, 4.69) is 5.32 Å². The number of ether oxygens (including phenoxy) is 3. The summed E-state index contributed by atoms with van der Waals surface area (Å²) in [5, 5.41) is 23.0. The van der Waals surface area contributed by atoms with Gasteiger partial charge in [-0.3, -0.25) is 4.79 Å². The molecule has 9 heteroatoms. The Morgan fingerprint density at radius 1 is 1.26 bits per heavy atom. The molecule has 4 atom stereocenters. The van der Waals surface area contributed by atoms with Crippen molar-refractivity contribution in [3.8, 4) is 11.5 Å². The largest absolute Gasteiger partial charge is 0.493 e. The minimum atomic E-state index is -1.14. The zero-order valence-electron chi connectivity index (χ0n) is 21.7. The number of methoxy groups -OCH3 is 1. The van der Waals surface area contributed by atoms with Gasteiger partial charge in [0, 0.05) is 24.4 Å². The second-order valence-electron chi connectivity index (χ2n) is 11.0. The SMILES string of the molecule is COc1ccc([C@@H]2CN(C(=O)[C@@H](CO)NC(=O)OC(C)(C)C)C[C@@]2(C)[C@@H](C)O)cc1OCC1CC1. The number of carbonyl (C=O) groups excluding carboxylic acids is 2. The first-order chi connectivity index (χ1) is 16.4. The van der Waals surface area contributed by atoms with E-state index in [1.54, 1.807) is 39.7 Å². The molecule has 0 bridgehead atoms. The molecule has 1 aliphatic carbocycles. The molecule has 1 heterocycles. The van der Waals surface area contributed by atoms with Crippen molar-refractivity contribution < 1.29 is 34.0 Å². The van der Waals surface area contributed by atoms with Crippen molar-refractivity contribution in [3.63, 3.8) is 0 Å². The zero-order chi connectivity index (χ0) is 26.0. The minimum Gasteiger partial charge on any atom is -0.493 e. The van der Waals surface area contributed by atoms with Crippen molar-refractivity contribution in [1.82, 2.24) is 10.2 Å². The Hall–Kier alpha value is -2.52. The molecule has 1 aromatic carbocycles. The van der Waals surface area contributed by atoms with Crippen molar-refractivity contribution in [2.24, 2.45) is 11.3 Å². The third kappa shape index (κ3) is 6.58. The van der Waals surface area contributed by atoms with E-state index in [-0.39, 0.29) is 12.5 Å². The molecule has 3 rings (SSSR count). The van der Waals surface area contributed by atoms with E-state index in [0.29, 0.717) is 30.6 Å². The van der Waals surface area contributed by atoms with Gasteiger partial charge in [-0.05, 0) is 64.2 Å². The van der Waals surface area contributed by atoms with E-state index < -0.39 is 41.8 Å². The maximum atomic E-state index is 13.3. The van der Waals surface area contributed by atoms with E-state index in [0.717, 1.165) is 5.56 Å². The predicted octanol–water partition coefficient (Wildman–Crippen LogP) is 2.68. The van der Waals surface area contributed by atoms with Crippen LogP contribution in [-0.4, -0.2) is 78.3 Å². The highest BCUT2D eigenvalue weighted by atomic mass is 16.6. The van der Waals surface area contributed by atoms with E-state index >= 15 is 0 Å². The number of rotatable bonds is 9. The van der Waals surface area contributed by atoms with Crippen molar-refractivity contribution in [2.75, 3.05) is 33.4 Å². The molecule has 0 radical (unpaired) electrons. The number of nitrogens with one attached hydrogen (secondary N) is 1. The van der Waals surface area contributed by atoms with E-state index in [1.807, 2.05) is 25.1 Å². The summed E-state index contributed by atoms with van der Waals surface area (Å²) in [7, 11) is 1.60. The van der Waals surface area contributed by atoms with Crippen LogP contribution in [0.2, 0.25) is 0 Å². The molecule has 2 aliphatic rings. The Labute approximate surface area is 207 Å². The van der Waals surface area contributed by atoms with Crippen LogP contribution < -0.4 is 14.8 Å². The number of amides is 2. The fourth-order valence-electron chi connectivity index (χ4n) is 4.46. The molecule has 35 heavy (non-hydrogen) atoms. The van der Waals surface area contributed by atoms with Gasteiger partial charge >= 0.3 is 6.09 Å². The molecule has 3 N–H and O–H groups in total. The Kier molecular flexibility index (Phi) is 8.21. The first-order valence-corrected chi connectivity index (χ1v) is 12.3. The van der Waals surface area contributed by atoms with Crippen LogP contribution in [0.5, 0.6) is 11.5 Å². The van der Waals surface area contributed by atoms with Crippen LogP contribution in [-0.2, 0) is 9.53 Å². The summed E-state index contributed by atoms with van der Waals surface area (Å²) in [6.07, 6.45) is 0.859. The molecule has 0 spiro atoms. The zero-order valence-corrected chi connectivity index (χ0v) is 21.7. The van der Waals surface area contributed by atoms with Gasteiger partial charge in [0.05, 0.1) is 26.4 Å². The van der Waals surface area contributed by atoms with Gasteiger partial charge in [0.1, 0.15) is 11.6 Å². The number of likely N-dealkylation sites (tertiary alicyclic amines) is 1. The number of hydrogen-bond donors (Lipinski definition) is 3. The predicted molar refractivity (Wildman–Crippen MR) is 131 cm³/mol. The van der Waals surface area contributed by atoms with Crippen LogP contribution >= 0.6 is 0 Å². The molecule has 2 fully saturated rings. The maximum Gasteiger partial charge on any atom is 0.408 e. The number of hydrogen-bond acceptors (Lipinski definition) is 7. The number of carbonyl (C=O) groups is 2. The second kappa shape index (κ2) is 10.6. The van der Waals surface area contributed by atoms with Crippen LogP contribution in [0.15, 0.2) is 18.2 Å². The molecular formula is C26H40N2O7. The highest BCUT2D eigenvalue weighted by Crippen LogP contribution is 2.47. The van der Waals surface area contributed by atoms with Gasteiger partial charge in [-0.25, -0.2) is 4.79 Å². The molecule has 0 unspecified atom stereocenters. The lowest BCUT2D eigenvalue weighted by Crippen LogP contribution is -2.51. The number of nitrogens with zero attached hydrogens (tertiary/aromatic N) is 1. The average molecular weight is 493 g/mol. The first kappa shape index (κ1) is 27.1. The van der Waals surface area contributed by atoms with Crippen molar-refractivity contribution >= 4 is 12.0 Å². The summed E-state index contributed by atoms with van der Waals surface area (Å²) >= 11 is 0. The normalized spacial score (nSPS) is 24.0. The maximum absolute atomic E-state index is 13.3. The molecule has 1 saturated carbocycles. The average Bonchev–Trinajstić information content (AvgIpc) is 3.54. The lowest BCUT2D eigenvalue weighted by Gasteiger charge is -2.34. The molecule has 9 nitrogen and oxygen atoms in total. The quantitative estimate of drug-likeness (QED) is 0.485. The number of benzene rings is 1. The fourth-order valence-corrected chi connectivity index (χ4v) is 4.46. The van der Waals surface area contributed by atoms with Gasteiger partial charge in [-0.2, -0.15) is 0 Å². The Morgan fingerprint density at radius 2 is 1.94 bits per heavy atom. The van der Waals surface area contributed by atoms with Crippen LogP contribution in [0.3, 0.4) is 0 Å². The van der Waals surface area contributed by atoms with Gasteiger partial charge in [-0.15, -0.1) is 0 Å². The molecular weight excluding hydrogens is 452 g/mol. The van der Waals surface area contributed by atoms with Gasteiger partial charge in [-0.1, -0.05) is 13.0 Å².